The zero-order chi connectivity index (χ0) is 21.8. The fourth-order valence-electron chi connectivity index (χ4n) is 3.18. The molecule has 0 aliphatic carbocycles. The van der Waals surface area contributed by atoms with E-state index in [1.165, 1.54) is 38.5 Å². The van der Waals surface area contributed by atoms with Gasteiger partial charge in [-0.25, -0.2) is 0 Å². The van der Waals surface area contributed by atoms with Crippen molar-refractivity contribution in [2.45, 2.75) is 65.5 Å². The van der Waals surface area contributed by atoms with Gasteiger partial charge in [0.1, 0.15) is 6.61 Å². The minimum atomic E-state index is 0.283. The van der Waals surface area contributed by atoms with Crippen LogP contribution in [0.25, 0.3) is 0 Å². The number of benzene rings is 2. The van der Waals surface area contributed by atoms with Gasteiger partial charge in [0.05, 0.1) is 11.6 Å². The molecule has 0 fully saturated rings. The maximum absolute atomic E-state index is 6.53. The third-order valence-electron chi connectivity index (χ3n) is 4.79. The van der Waals surface area contributed by atoms with E-state index in [9.17, 15) is 0 Å². The maximum Gasteiger partial charge on any atom is 0.180 e. The molecule has 6 heteroatoms. The van der Waals surface area contributed by atoms with Crippen molar-refractivity contribution in [2.24, 2.45) is 0 Å². The molecule has 166 valence electrons. The molecule has 0 radical (unpaired) electrons. The predicted octanol–water partition coefficient (Wildman–Crippen LogP) is 8.07. The second-order valence-corrected chi connectivity index (χ2v) is 8.56. The van der Waals surface area contributed by atoms with Gasteiger partial charge < -0.3 is 14.8 Å². The van der Waals surface area contributed by atoms with Crippen LogP contribution in [0.1, 0.15) is 63.5 Å². The number of rotatable bonds is 14. The van der Waals surface area contributed by atoms with Gasteiger partial charge in [0, 0.05) is 22.2 Å². The van der Waals surface area contributed by atoms with Gasteiger partial charge in [-0.1, -0.05) is 79.9 Å². The van der Waals surface area contributed by atoms with E-state index >= 15 is 0 Å². The Hall–Kier alpha value is -1.13. The van der Waals surface area contributed by atoms with Gasteiger partial charge in [0.25, 0.3) is 0 Å². The Morgan fingerprint density at radius 1 is 0.833 bits per heavy atom. The summed E-state index contributed by atoms with van der Waals surface area (Å²) in [7, 11) is 0. The van der Waals surface area contributed by atoms with Crippen LogP contribution in [0.2, 0.25) is 15.1 Å². The Morgan fingerprint density at radius 2 is 1.60 bits per heavy atom. The number of unbranched alkanes of at least 4 members (excludes halogenated alkanes) is 5. The standard InChI is InChI=1S/C24H32Cl3NO2/c1-3-5-6-7-8-9-12-28-16-18-13-22(27)24(23(14-18)29-4-2)30-17-19-10-11-20(25)15-21(19)26/h10-11,13-15,28H,3-9,12,16-17H2,1-2H3. The third kappa shape index (κ3) is 8.55. The highest BCUT2D eigenvalue weighted by Gasteiger charge is 2.14. The molecular formula is C24H32Cl3NO2. The first kappa shape index (κ1) is 25.1. The van der Waals surface area contributed by atoms with E-state index in [0.717, 1.165) is 24.2 Å². The van der Waals surface area contributed by atoms with Crippen molar-refractivity contribution in [3.05, 3.63) is 56.5 Å². The van der Waals surface area contributed by atoms with E-state index in [1.807, 2.05) is 25.1 Å². The molecule has 0 amide bonds. The minimum Gasteiger partial charge on any atom is -0.490 e. The third-order valence-corrected chi connectivity index (χ3v) is 5.66. The summed E-state index contributed by atoms with van der Waals surface area (Å²) < 4.78 is 11.8. The lowest BCUT2D eigenvalue weighted by Gasteiger charge is -2.16. The summed E-state index contributed by atoms with van der Waals surface area (Å²) in [5.74, 6) is 1.18. The average Bonchev–Trinajstić information content (AvgIpc) is 2.71. The highest BCUT2D eigenvalue weighted by Crippen LogP contribution is 2.37. The number of hydrogen-bond acceptors (Lipinski definition) is 3. The van der Waals surface area contributed by atoms with Crippen molar-refractivity contribution in [1.29, 1.82) is 0 Å². The molecule has 2 aromatic carbocycles. The highest BCUT2D eigenvalue weighted by atomic mass is 35.5. The molecule has 1 N–H and O–H groups in total. The zero-order valence-electron chi connectivity index (χ0n) is 17.9. The topological polar surface area (TPSA) is 30.5 Å². The van der Waals surface area contributed by atoms with Gasteiger partial charge in [0.15, 0.2) is 11.5 Å². The molecule has 0 aliphatic rings. The second kappa shape index (κ2) is 14.0. The summed E-state index contributed by atoms with van der Waals surface area (Å²) in [6, 6.07) is 9.25. The van der Waals surface area contributed by atoms with Gasteiger partial charge >= 0.3 is 0 Å². The fourth-order valence-corrected chi connectivity index (χ4v) is 3.93. The zero-order valence-corrected chi connectivity index (χ0v) is 20.2. The average molecular weight is 473 g/mol. The Labute approximate surface area is 196 Å². The van der Waals surface area contributed by atoms with E-state index in [0.29, 0.717) is 33.2 Å². The van der Waals surface area contributed by atoms with Crippen LogP contribution in [-0.4, -0.2) is 13.2 Å². The van der Waals surface area contributed by atoms with Gasteiger partial charge in [-0.15, -0.1) is 0 Å². The van der Waals surface area contributed by atoms with Gasteiger partial charge in [0.2, 0.25) is 0 Å². The lowest BCUT2D eigenvalue weighted by Crippen LogP contribution is -2.15. The molecule has 2 rings (SSSR count). The number of ether oxygens (including phenoxy) is 2. The van der Waals surface area contributed by atoms with E-state index in [2.05, 4.69) is 12.2 Å². The largest absolute Gasteiger partial charge is 0.490 e. The van der Waals surface area contributed by atoms with Gasteiger partial charge in [-0.05, 0) is 49.7 Å². The SMILES string of the molecule is CCCCCCCCNCc1cc(Cl)c(OCc2ccc(Cl)cc2Cl)c(OCC)c1. The lowest BCUT2D eigenvalue weighted by molar-refractivity contribution is 0.269. The molecule has 30 heavy (non-hydrogen) atoms. The van der Waals surface area contributed by atoms with Crippen LogP contribution in [0, 0.1) is 0 Å². The van der Waals surface area contributed by atoms with Crippen molar-refractivity contribution in [1.82, 2.24) is 5.32 Å². The Bertz CT molecular complexity index is 783. The Morgan fingerprint density at radius 3 is 2.33 bits per heavy atom. The quantitative estimate of drug-likeness (QED) is 0.282. The minimum absolute atomic E-state index is 0.283. The van der Waals surface area contributed by atoms with Crippen LogP contribution in [0.15, 0.2) is 30.3 Å². The van der Waals surface area contributed by atoms with Crippen LogP contribution < -0.4 is 14.8 Å². The molecule has 0 atom stereocenters. The van der Waals surface area contributed by atoms with Gasteiger partial charge in [-0.2, -0.15) is 0 Å². The molecular weight excluding hydrogens is 441 g/mol. The molecule has 0 aliphatic heterocycles. The predicted molar refractivity (Wildman–Crippen MR) is 128 cm³/mol. The van der Waals surface area contributed by atoms with E-state index < -0.39 is 0 Å². The first-order valence-corrected chi connectivity index (χ1v) is 11.9. The number of nitrogens with one attached hydrogen (secondary N) is 1. The van der Waals surface area contributed by atoms with Crippen molar-refractivity contribution in [3.8, 4) is 11.5 Å². The molecule has 0 saturated heterocycles. The van der Waals surface area contributed by atoms with Crippen LogP contribution in [0.5, 0.6) is 11.5 Å². The molecule has 0 unspecified atom stereocenters. The summed E-state index contributed by atoms with van der Waals surface area (Å²) in [5.41, 5.74) is 1.91. The highest BCUT2D eigenvalue weighted by molar-refractivity contribution is 6.35. The Kier molecular flexibility index (Phi) is 11.8. The molecule has 3 nitrogen and oxygen atoms in total. The molecule has 2 aromatic rings. The summed E-state index contributed by atoms with van der Waals surface area (Å²) in [6.07, 6.45) is 7.75. The normalized spacial score (nSPS) is 11.0. The summed E-state index contributed by atoms with van der Waals surface area (Å²) in [4.78, 5) is 0. The van der Waals surface area contributed by atoms with E-state index in [4.69, 9.17) is 44.3 Å². The molecule has 0 heterocycles. The maximum atomic E-state index is 6.53. The van der Waals surface area contributed by atoms with E-state index in [-0.39, 0.29) is 6.61 Å². The molecule has 0 saturated carbocycles. The first-order chi connectivity index (χ1) is 14.5. The monoisotopic (exact) mass is 471 g/mol. The smallest absolute Gasteiger partial charge is 0.180 e. The summed E-state index contributed by atoms with van der Waals surface area (Å²) in [6.45, 7) is 6.75. The van der Waals surface area contributed by atoms with Crippen molar-refractivity contribution in [3.63, 3.8) is 0 Å². The Balaban J connectivity index is 1.92. The van der Waals surface area contributed by atoms with Crippen LogP contribution >= 0.6 is 34.8 Å². The molecule has 0 aromatic heterocycles. The number of hydrogen-bond donors (Lipinski definition) is 1. The van der Waals surface area contributed by atoms with Crippen molar-refractivity contribution in [2.75, 3.05) is 13.2 Å². The van der Waals surface area contributed by atoms with Crippen molar-refractivity contribution >= 4 is 34.8 Å². The van der Waals surface area contributed by atoms with Crippen molar-refractivity contribution < 1.29 is 9.47 Å². The van der Waals surface area contributed by atoms with Crippen LogP contribution in [0.3, 0.4) is 0 Å². The summed E-state index contributed by atoms with van der Waals surface area (Å²) in [5, 5.41) is 5.18. The molecule has 0 bridgehead atoms. The molecule has 0 spiro atoms. The summed E-state index contributed by atoms with van der Waals surface area (Å²) >= 11 is 18.7. The first-order valence-electron chi connectivity index (χ1n) is 10.8. The fraction of sp³-hybridized carbons (Fsp3) is 0.500. The second-order valence-electron chi connectivity index (χ2n) is 7.31. The van der Waals surface area contributed by atoms with Gasteiger partial charge in [-0.3, -0.25) is 0 Å². The lowest BCUT2D eigenvalue weighted by atomic mass is 10.1. The van der Waals surface area contributed by atoms with Crippen LogP contribution in [0.4, 0.5) is 0 Å². The van der Waals surface area contributed by atoms with Crippen LogP contribution in [-0.2, 0) is 13.2 Å². The number of halogens is 3. The van der Waals surface area contributed by atoms with E-state index in [1.54, 1.807) is 12.1 Å².